The monoisotopic (exact) mass is 140 g/mol. The zero-order valence-electron chi connectivity index (χ0n) is 6.31. The lowest BCUT2D eigenvalue weighted by atomic mass is 10.7. The van der Waals surface area contributed by atoms with Crippen molar-refractivity contribution in [2.45, 2.75) is 0 Å². The molecule has 0 unspecified atom stereocenters. The van der Waals surface area contributed by atoms with Crippen LogP contribution >= 0.6 is 0 Å². The number of rotatable bonds is 2. The maximum atomic E-state index is 3.77. The Bertz CT molecular complexity index is 159. The largest absolute Gasteiger partial charge is 0.375 e. The van der Waals surface area contributed by atoms with Crippen LogP contribution in [0.25, 0.3) is 0 Å². The van der Waals surface area contributed by atoms with Crippen LogP contribution in [0.15, 0.2) is 22.4 Å². The van der Waals surface area contributed by atoms with Crippen LogP contribution in [0.4, 0.5) is 0 Å². The van der Waals surface area contributed by atoms with Crippen LogP contribution in [0.3, 0.4) is 0 Å². The van der Waals surface area contributed by atoms with Crippen molar-refractivity contribution in [3.63, 3.8) is 0 Å². The van der Waals surface area contributed by atoms with Crippen LogP contribution in [-0.2, 0) is 0 Å². The molecule has 0 saturated carbocycles. The highest BCUT2D eigenvalue weighted by molar-refractivity contribution is 5.85. The average molecular weight is 140 g/mol. The Kier molecular flexibility index (Phi) is 3.95. The van der Waals surface area contributed by atoms with Crippen molar-refractivity contribution in [3.8, 4) is 0 Å². The van der Waals surface area contributed by atoms with Crippen LogP contribution in [0.5, 0.6) is 0 Å². The van der Waals surface area contributed by atoms with E-state index >= 15 is 0 Å². The molecular formula is C6H12N4. The molecule has 0 spiro atoms. The fourth-order valence-electron chi connectivity index (χ4n) is 0.364. The maximum Gasteiger partial charge on any atom is 0.222 e. The highest BCUT2D eigenvalue weighted by atomic mass is 15.2. The number of hydrogen-bond acceptors (Lipinski definition) is 2. The molecule has 0 amide bonds. The summed E-state index contributed by atoms with van der Waals surface area (Å²) in [4.78, 5) is 7.35. The van der Waals surface area contributed by atoms with Gasteiger partial charge in [-0.15, -0.1) is 0 Å². The number of guanidine groups is 1. The van der Waals surface area contributed by atoms with Gasteiger partial charge in [-0.05, 0) is 6.72 Å². The van der Waals surface area contributed by atoms with Crippen molar-refractivity contribution in [3.05, 3.63) is 12.4 Å². The van der Waals surface area contributed by atoms with Crippen LogP contribution < -0.4 is 10.6 Å². The molecule has 0 aromatic heterocycles. The Morgan fingerprint density at radius 3 is 2.40 bits per heavy atom. The Morgan fingerprint density at radius 2 is 2.10 bits per heavy atom. The Labute approximate surface area is 60.8 Å². The van der Waals surface area contributed by atoms with E-state index in [-0.39, 0.29) is 0 Å². The first-order chi connectivity index (χ1) is 4.74. The molecule has 0 heterocycles. The zero-order chi connectivity index (χ0) is 7.98. The lowest BCUT2D eigenvalue weighted by molar-refractivity contribution is 0.897. The molecule has 0 aromatic rings. The molecule has 2 N–H and O–H groups in total. The Morgan fingerprint density at radius 1 is 1.50 bits per heavy atom. The molecule has 0 atom stereocenters. The average Bonchev–Trinajstić information content (AvgIpc) is 1.99. The first-order valence-electron chi connectivity index (χ1n) is 2.81. The van der Waals surface area contributed by atoms with E-state index in [9.17, 15) is 0 Å². The van der Waals surface area contributed by atoms with E-state index in [0.29, 0.717) is 11.8 Å². The maximum absolute atomic E-state index is 3.77. The lowest BCUT2D eigenvalue weighted by Crippen LogP contribution is -2.27. The van der Waals surface area contributed by atoms with Gasteiger partial charge in [0.25, 0.3) is 0 Å². The van der Waals surface area contributed by atoms with Crippen LogP contribution in [0.2, 0.25) is 0 Å². The van der Waals surface area contributed by atoms with Gasteiger partial charge in [0.2, 0.25) is 5.96 Å². The van der Waals surface area contributed by atoms with E-state index in [1.54, 1.807) is 14.1 Å². The lowest BCUT2D eigenvalue weighted by Gasteiger charge is -2.05. The minimum Gasteiger partial charge on any atom is -0.375 e. The second-order valence-corrected chi connectivity index (χ2v) is 1.56. The molecule has 56 valence electrons. The minimum absolute atomic E-state index is 0.458. The van der Waals surface area contributed by atoms with E-state index < -0.39 is 0 Å². The Balaban J connectivity index is 3.87. The van der Waals surface area contributed by atoms with Gasteiger partial charge in [-0.2, -0.15) is 0 Å². The molecule has 0 aliphatic heterocycles. The topological polar surface area (TPSA) is 48.8 Å². The molecule has 0 aromatic carbocycles. The van der Waals surface area contributed by atoms with Crippen LogP contribution in [0.1, 0.15) is 0 Å². The summed E-state index contributed by atoms with van der Waals surface area (Å²) in [7, 11) is 3.38. The second kappa shape index (κ2) is 4.55. The third-order valence-electron chi connectivity index (χ3n) is 0.926. The fourth-order valence-corrected chi connectivity index (χ4v) is 0.364. The first-order valence-corrected chi connectivity index (χ1v) is 2.81. The second-order valence-electron chi connectivity index (χ2n) is 1.56. The van der Waals surface area contributed by atoms with Gasteiger partial charge in [-0.3, -0.25) is 4.99 Å². The van der Waals surface area contributed by atoms with Crippen molar-refractivity contribution in [2.24, 2.45) is 9.98 Å². The number of nitrogens with one attached hydrogen (secondary N) is 2. The molecule has 0 fully saturated rings. The van der Waals surface area contributed by atoms with Crippen molar-refractivity contribution in [2.75, 3.05) is 14.1 Å². The van der Waals surface area contributed by atoms with E-state index in [2.05, 4.69) is 33.9 Å². The molecule has 4 nitrogen and oxygen atoms in total. The van der Waals surface area contributed by atoms with Crippen LogP contribution in [-0.4, -0.2) is 26.8 Å². The SMILES string of the molecule is C=NC(=NC)NC(=C)NC. The third kappa shape index (κ3) is 2.86. The van der Waals surface area contributed by atoms with Crippen molar-refractivity contribution in [1.29, 1.82) is 0 Å². The highest BCUT2D eigenvalue weighted by Crippen LogP contribution is 1.77. The van der Waals surface area contributed by atoms with Gasteiger partial charge in [0.05, 0.1) is 5.82 Å². The molecule has 4 heteroatoms. The minimum atomic E-state index is 0.458. The summed E-state index contributed by atoms with van der Waals surface area (Å²) >= 11 is 0. The normalized spacial score (nSPS) is 10.4. The van der Waals surface area contributed by atoms with Gasteiger partial charge in [0.1, 0.15) is 0 Å². The van der Waals surface area contributed by atoms with Gasteiger partial charge in [-0.25, -0.2) is 4.99 Å². The molecule has 10 heavy (non-hydrogen) atoms. The van der Waals surface area contributed by atoms with Crippen LogP contribution in [0, 0.1) is 0 Å². The molecule has 0 bridgehead atoms. The van der Waals surface area contributed by atoms with Crippen molar-refractivity contribution < 1.29 is 0 Å². The van der Waals surface area contributed by atoms with Gasteiger partial charge in [-0.1, -0.05) is 6.58 Å². The summed E-state index contributed by atoms with van der Waals surface area (Å²) in [6.45, 7) is 6.93. The van der Waals surface area contributed by atoms with Gasteiger partial charge < -0.3 is 10.6 Å². The molecular weight excluding hydrogens is 128 g/mol. The third-order valence-corrected chi connectivity index (χ3v) is 0.926. The van der Waals surface area contributed by atoms with E-state index in [1.165, 1.54) is 0 Å². The summed E-state index contributed by atoms with van der Waals surface area (Å²) in [6.07, 6.45) is 0. The number of nitrogens with zero attached hydrogens (tertiary/aromatic N) is 2. The predicted molar refractivity (Wildman–Crippen MR) is 44.2 cm³/mol. The van der Waals surface area contributed by atoms with Crippen molar-refractivity contribution >= 4 is 12.7 Å². The zero-order valence-corrected chi connectivity index (χ0v) is 6.31. The molecule has 0 aliphatic rings. The quantitative estimate of drug-likeness (QED) is 0.417. The van der Waals surface area contributed by atoms with E-state index in [0.717, 1.165) is 0 Å². The van der Waals surface area contributed by atoms with Gasteiger partial charge in [0, 0.05) is 14.1 Å². The number of hydrogen-bond donors (Lipinski definition) is 2. The summed E-state index contributed by atoms with van der Waals surface area (Å²) in [5.74, 6) is 1.10. The number of aliphatic imine (C=N–C) groups is 2. The smallest absolute Gasteiger partial charge is 0.222 e. The summed E-state index contributed by atoms with van der Waals surface area (Å²) in [5, 5.41) is 5.57. The fraction of sp³-hybridized carbons (Fsp3) is 0.333. The molecule has 0 aliphatic carbocycles. The summed E-state index contributed by atoms with van der Waals surface area (Å²) in [5.41, 5.74) is 0. The molecule has 0 radical (unpaired) electrons. The highest BCUT2D eigenvalue weighted by Gasteiger charge is 1.91. The summed E-state index contributed by atoms with van der Waals surface area (Å²) < 4.78 is 0. The first kappa shape index (κ1) is 8.68. The van der Waals surface area contributed by atoms with E-state index in [1.807, 2.05) is 0 Å². The summed E-state index contributed by atoms with van der Waals surface area (Å²) in [6, 6.07) is 0. The molecule has 0 saturated heterocycles. The van der Waals surface area contributed by atoms with E-state index in [4.69, 9.17) is 0 Å². The predicted octanol–water partition coefficient (Wildman–Crippen LogP) is -0.0470. The van der Waals surface area contributed by atoms with Gasteiger partial charge >= 0.3 is 0 Å². The Hall–Kier alpha value is -1.32. The van der Waals surface area contributed by atoms with Gasteiger partial charge in [0.15, 0.2) is 0 Å². The van der Waals surface area contributed by atoms with Crippen molar-refractivity contribution in [1.82, 2.24) is 10.6 Å². The standard InChI is InChI=1S/C6H12N4/c1-5(7-2)10-6(8-3)9-4/h7H,1,3H2,2,4H3,(H,9,10). The molecule has 0 rings (SSSR count).